The van der Waals surface area contributed by atoms with Crippen LogP contribution in [0.15, 0.2) is 48.7 Å². The summed E-state index contributed by atoms with van der Waals surface area (Å²) in [4.78, 5) is 12.9. The molecule has 0 fully saturated rings. The van der Waals surface area contributed by atoms with Gasteiger partial charge in [0.15, 0.2) is 11.5 Å². The van der Waals surface area contributed by atoms with E-state index in [1.807, 2.05) is 49.4 Å². The van der Waals surface area contributed by atoms with Crippen molar-refractivity contribution in [2.75, 3.05) is 26.1 Å². The molecule has 0 saturated carbocycles. The number of rotatable bonds is 8. The van der Waals surface area contributed by atoms with Crippen LogP contribution in [-0.2, 0) is 6.42 Å². The molecule has 34 heavy (non-hydrogen) atoms. The lowest BCUT2D eigenvalue weighted by Crippen LogP contribution is -2.33. The summed E-state index contributed by atoms with van der Waals surface area (Å²) in [5, 5.41) is 10.2. The normalized spacial score (nSPS) is 17.1. The molecule has 2 atom stereocenters. The summed E-state index contributed by atoms with van der Waals surface area (Å²) in [7, 11) is 3.14. The first-order chi connectivity index (χ1) is 16.4. The first-order valence-electron chi connectivity index (χ1n) is 11.1. The summed E-state index contributed by atoms with van der Waals surface area (Å²) >= 11 is 0. The Balaban J connectivity index is 1.48. The van der Waals surface area contributed by atoms with Gasteiger partial charge in [0.2, 0.25) is 0 Å². The molecule has 4 rings (SSSR count). The third-order valence-electron chi connectivity index (χ3n) is 6.06. The van der Waals surface area contributed by atoms with Gasteiger partial charge < -0.3 is 20.1 Å². The molecule has 0 bridgehead atoms. The zero-order valence-corrected chi connectivity index (χ0v) is 19.3. The number of fused-ring (bicyclic) bond motifs is 1. The minimum atomic E-state index is -2.60. The van der Waals surface area contributed by atoms with Crippen molar-refractivity contribution in [3.8, 4) is 11.5 Å². The molecule has 0 saturated heterocycles. The lowest BCUT2D eigenvalue weighted by molar-refractivity contribution is 0.0656. The van der Waals surface area contributed by atoms with Crippen molar-refractivity contribution in [2.24, 2.45) is 0 Å². The Morgan fingerprint density at radius 2 is 1.91 bits per heavy atom. The van der Waals surface area contributed by atoms with Gasteiger partial charge in [-0.25, -0.2) is 13.5 Å². The molecule has 7 nitrogen and oxygen atoms in total. The van der Waals surface area contributed by atoms with Crippen LogP contribution >= 0.6 is 0 Å². The molecule has 2 aromatic carbocycles. The van der Waals surface area contributed by atoms with Gasteiger partial charge in [-0.05, 0) is 43.0 Å². The van der Waals surface area contributed by atoms with Gasteiger partial charge in [0.05, 0.1) is 26.5 Å². The van der Waals surface area contributed by atoms with Crippen LogP contribution in [0, 0.1) is 6.92 Å². The van der Waals surface area contributed by atoms with Gasteiger partial charge in [-0.1, -0.05) is 35.9 Å². The molecule has 1 aliphatic rings. The lowest BCUT2D eigenvalue weighted by Gasteiger charge is -2.32. The van der Waals surface area contributed by atoms with Crippen molar-refractivity contribution in [1.82, 2.24) is 15.1 Å². The second-order valence-electron chi connectivity index (χ2n) is 8.29. The number of alkyl halides is 2. The third-order valence-corrected chi connectivity index (χ3v) is 6.06. The molecule has 0 spiro atoms. The summed E-state index contributed by atoms with van der Waals surface area (Å²) < 4.78 is 39.5. The van der Waals surface area contributed by atoms with Crippen LogP contribution in [0.3, 0.4) is 0 Å². The highest BCUT2D eigenvalue weighted by atomic mass is 19.3. The molecule has 2 unspecified atom stereocenters. The van der Waals surface area contributed by atoms with E-state index in [0.717, 1.165) is 16.7 Å². The molecular weight excluding hydrogens is 442 g/mol. The zero-order chi connectivity index (χ0) is 24.2. The smallest absolute Gasteiger partial charge is 0.260 e. The number of methoxy groups -OCH3 is 2. The van der Waals surface area contributed by atoms with Crippen molar-refractivity contribution in [3.05, 3.63) is 70.9 Å². The molecule has 180 valence electrons. The number of amides is 1. The number of hydrogen-bond donors (Lipinski definition) is 2. The Bertz CT molecular complexity index is 1150. The average molecular weight is 471 g/mol. The van der Waals surface area contributed by atoms with E-state index in [1.54, 1.807) is 14.2 Å². The number of aromatic nitrogens is 2. The fourth-order valence-electron chi connectivity index (χ4n) is 4.17. The molecule has 9 heteroatoms. The highest BCUT2D eigenvalue weighted by molar-refractivity contribution is 5.98. The van der Waals surface area contributed by atoms with E-state index in [0.29, 0.717) is 30.3 Å². The fourth-order valence-corrected chi connectivity index (χ4v) is 4.17. The Morgan fingerprint density at radius 1 is 1.18 bits per heavy atom. The second-order valence-corrected chi connectivity index (χ2v) is 8.29. The third kappa shape index (κ3) is 4.83. The molecule has 1 amide bonds. The van der Waals surface area contributed by atoms with E-state index >= 15 is 0 Å². The highest BCUT2D eigenvalue weighted by Crippen LogP contribution is 2.39. The maximum absolute atomic E-state index is 13.9. The van der Waals surface area contributed by atoms with Crippen molar-refractivity contribution in [3.63, 3.8) is 0 Å². The van der Waals surface area contributed by atoms with Gasteiger partial charge >= 0.3 is 0 Å². The first kappa shape index (κ1) is 23.5. The lowest BCUT2D eigenvalue weighted by atomic mass is 9.96. The number of hydrogen-bond acceptors (Lipinski definition) is 5. The largest absolute Gasteiger partial charge is 0.493 e. The summed E-state index contributed by atoms with van der Waals surface area (Å²) in [6, 6.07) is 11.8. The van der Waals surface area contributed by atoms with E-state index < -0.39 is 12.5 Å². The van der Waals surface area contributed by atoms with E-state index in [1.165, 1.54) is 10.9 Å². The Kier molecular flexibility index (Phi) is 7.00. The highest BCUT2D eigenvalue weighted by Gasteiger charge is 2.36. The number of nitrogens with zero attached hydrogens (tertiary/aromatic N) is 2. The number of benzene rings is 2. The summed E-state index contributed by atoms with van der Waals surface area (Å²) in [5.41, 5.74) is 3.19. The fraction of sp³-hybridized carbons (Fsp3) is 0.360. The SMILES string of the molecule is COc1ccc(CCNC(=O)c2cnn3c2NC(c2ccc(C)cc2)CC3C(F)F)cc1OC. The number of carbonyl (C=O) groups excluding carboxylic acids is 1. The minimum Gasteiger partial charge on any atom is -0.493 e. The molecule has 1 aliphatic heterocycles. The molecule has 0 radical (unpaired) electrons. The zero-order valence-electron chi connectivity index (χ0n) is 19.3. The molecule has 1 aromatic heterocycles. The Labute approximate surface area is 197 Å². The van der Waals surface area contributed by atoms with Gasteiger partial charge in [-0.15, -0.1) is 0 Å². The van der Waals surface area contributed by atoms with Gasteiger partial charge in [-0.3, -0.25) is 4.79 Å². The van der Waals surface area contributed by atoms with Gasteiger partial charge in [-0.2, -0.15) is 5.10 Å². The van der Waals surface area contributed by atoms with Crippen molar-refractivity contribution in [1.29, 1.82) is 0 Å². The predicted molar refractivity (Wildman–Crippen MR) is 125 cm³/mol. The van der Waals surface area contributed by atoms with E-state index in [-0.39, 0.29) is 23.9 Å². The van der Waals surface area contributed by atoms with Crippen molar-refractivity contribution < 1.29 is 23.0 Å². The number of halogens is 2. The maximum atomic E-state index is 13.9. The predicted octanol–water partition coefficient (Wildman–Crippen LogP) is 4.54. The van der Waals surface area contributed by atoms with E-state index in [2.05, 4.69) is 15.7 Å². The van der Waals surface area contributed by atoms with E-state index in [4.69, 9.17) is 9.47 Å². The van der Waals surface area contributed by atoms with Crippen molar-refractivity contribution >= 4 is 11.7 Å². The molecule has 0 aliphatic carbocycles. The van der Waals surface area contributed by atoms with Crippen LogP contribution in [0.2, 0.25) is 0 Å². The number of anilines is 1. The van der Waals surface area contributed by atoms with Crippen LogP contribution in [0.1, 0.15) is 45.6 Å². The van der Waals surface area contributed by atoms with Crippen molar-refractivity contribution in [2.45, 2.75) is 38.3 Å². The summed E-state index contributed by atoms with van der Waals surface area (Å²) in [6.07, 6.45) is -0.513. The van der Waals surface area contributed by atoms with Crippen LogP contribution in [0.4, 0.5) is 14.6 Å². The molecule has 3 aromatic rings. The standard InChI is InChI=1S/C25H28F2N4O3/c1-15-4-7-17(8-5-15)19-13-20(23(26)27)31-24(30-19)18(14-29-31)25(32)28-11-10-16-6-9-21(33-2)22(12-16)34-3/h4-9,12,14,19-20,23,30H,10-11,13H2,1-3H3,(H,28,32). The quantitative estimate of drug-likeness (QED) is 0.505. The molecule has 2 N–H and O–H groups in total. The summed E-state index contributed by atoms with van der Waals surface area (Å²) in [6.45, 7) is 2.33. The monoisotopic (exact) mass is 470 g/mol. The first-order valence-corrected chi connectivity index (χ1v) is 11.1. The average Bonchev–Trinajstić information content (AvgIpc) is 3.27. The maximum Gasteiger partial charge on any atom is 0.260 e. The number of nitrogens with one attached hydrogen (secondary N) is 2. The minimum absolute atomic E-state index is 0.176. The number of aryl methyl sites for hydroxylation is 1. The number of carbonyl (C=O) groups is 1. The summed E-state index contributed by atoms with van der Waals surface area (Å²) in [5.74, 6) is 1.18. The van der Waals surface area contributed by atoms with Gasteiger partial charge in [0.25, 0.3) is 12.3 Å². The topological polar surface area (TPSA) is 77.4 Å². The molecule has 2 heterocycles. The molecular formula is C25H28F2N4O3. The Morgan fingerprint density at radius 3 is 2.59 bits per heavy atom. The van der Waals surface area contributed by atoms with Gasteiger partial charge in [0, 0.05) is 6.54 Å². The van der Waals surface area contributed by atoms with Crippen LogP contribution < -0.4 is 20.1 Å². The number of ether oxygens (including phenoxy) is 2. The van der Waals surface area contributed by atoms with Gasteiger partial charge in [0.1, 0.15) is 17.4 Å². The second kappa shape index (κ2) is 10.1. The van der Waals surface area contributed by atoms with Crippen LogP contribution in [0.25, 0.3) is 0 Å². The Hall–Kier alpha value is -3.62. The van der Waals surface area contributed by atoms with E-state index in [9.17, 15) is 13.6 Å². The van der Waals surface area contributed by atoms with Crippen LogP contribution in [-0.4, -0.2) is 42.9 Å². The van der Waals surface area contributed by atoms with Crippen LogP contribution in [0.5, 0.6) is 11.5 Å².